The van der Waals surface area contributed by atoms with Crippen LogP contribution in [-0.2, 0) is 14.3 Å². The number of non-ortho nitro benzene ring substituents is 1. The fourth-order valence-corrected chi connectivity index (χ4v) is 4.08. The molecule has 1 N–H and O–H groups in total. The maximum Gasteiger partial charge on any atom is 0.338 e. The van der Waals surface area contributed by atoms with Crippen LogP contribution in [0.1, 0.15) is 34.5 Å². The molecule has 1 amide bonds. The van der Waals surface area contributed by atoms with Crippen molar-refractivity contribution in [3.05, 3.63) is 110 Å². The van der Waals surface area contributed by atoms with Crippen LogP contribution >= 0.6 is 11.6 Å². The molecule has 182 valence electrons. The number of nitro benzene ring substituents is 1. The predicted molar refractivity (Wildman–Crippen MR) is 132 cm³/mol. The second kappa shape index (κ2) is 10.0. The van der Waals surface area contributed by atoms with Crippen molar-refractivity contribution in [3.63, 3.8) is 0 Å². The van der Waals surface area contributed by atoms with Crippen LogP contribution in [-0.4, -0.2) is 34.3 Å². The number of carbonyl (C=O) groups excluding carboxylic acids is 3. The Morgan fingerprint density at radius 1 is 1.06 bits per heavy atom. The van der Waals surface area contributed by atoms with Crippen molar-refractivity contribution in [3.8, 4) is 0 Å². The van der Waals surface area contributed by atoms with Crippen LogP contribution in [0.5, 0.6) is 0 Å². The molecule has 1 atom stereocenters. The van der Waals surface area contributed by atoms with E-state index in [4.69, 9.17) is 16.3 Å². The number of Topliss-reactive ketones (excluding diaryl/α,β-unsaturated/α-hetero) is 1. The van der Waals surface area contributed by atoms with E-state index in [1.807, 2.05) is 0 Å². The first-order chi connectivity index (χ1) is 17.2. The number of amides is 1. The van der Waals surface area contributed by atoms with Gasteiger partial charge in [-0.15, -0.1) is 0 Å². The van der Waals surface area contributed by atoms with Crippen LogP contribution in [0.15, 0.2) is 78.4 Å². The number of nitrogens with zero attached hydrogens (tertiary/aromatic N) is 2. The Labute approximate surface area is 210 Å². The molecule has 3 aromatic rings. The van der Waals surface area contributed by atoms with E-state index < -0.39 is 34.4 Å². The average molecular weight is 507 g/mol. The minimum Gasteiger partial charge on any atom is -0.507 e. The Hall–Kier alpha value is -4.50. The van der Waals surface area contributed by atoms with Gasteiger partial charge in [0.1, 0.15) is 5.76 Å². The fraction of sp³-hybridized carbons (Fsp3) is 0.115. The number of hydrogen-bond acceptors (Lipinski definition) is 7. The number of benzene rings is 3. The highest BCUT2D eigenvalue weighted by molar-refractivity contribution is 6.51. The monoisotopic (exact) mass is 506 g/mol. The highest BCUT2D eigenvalue weighted by atomic mass is 35.5. The molecule has 3 aromatic carbocycles. The van der Waals surface area contributed by atoms with Crippen molar-refractivity contribution in [2.45, 2.75) is 13.0 Å². The lowest BCUT2D eigenvalue weighted by molar-refractivity contribution is -0.384. The largest absolute Gasteiger partial charge is 0.507 e. The van der Waals surface area contributed by atoms with Gasteiger partial charge in [0.05, 0.1) is 28.7 Å². The van der Waals surface area contributed by atoms with Gasteiger partial charge < -0.3 is 9.84 Å². The molecular weight excluding hydrogens is 488 g/mol. The SMILES string of the molecule is CCOC(=O)c1ccc(N2C(=O)C(=O)/C(=C(/O)c3ccc(Cl)cc3)C2c2cccc([N+](=O)[O-])c2)cc1. The van der Waals surface area contributed by atoms with Crippen LogP contribution in [0.2, 0.25) is 5.02 Å². The number of anilines is 1. The zero-order valence-corrected chi connectivity index (χ0v) is 19.6. The number of esters is 1. The molecule has 0 aliphatic carbocycles. The predicted octanol–water partition coefficient (Wildman–Crippen LogP) is 5.05. The third kappa shape index (κ3) is 4.56. The Balaban J connectivity index is 1.89. The van der Waals surface area contributed by atoms with Gasteiger partial charge in [0.15, 0.2) is 0 Å². The molecule has 1 heterocycles. The maximum absolute atomic E-state index is 13.2. The van der Waals surface area contributed by atoms with Crippen molar-refractivity contribution in [2.24, 2.45) is 0 Å². The highest BCUT2D eigenvalue weighted by Gasteiger charge is 2.47. The van der Waals surface area contributed by atoms with Crippen LogP contribution in [0.25, 0.3) is 5.76 Å². The lowest BCUT2D eigenvalue weighted by Crippen LogP contribution is -2.29. The summed E-state index contributed by atoms with van der Waals surface area (Å²) >= 11 is 5.93. The van der Waals surface area contributed by atoms with Gasteiger partial charge >= 0.3 is 5.97 Å². The first-order valence-corrected chi connectivity index (χ1v) is 11.2. The number of halogens is 1. The van der Waals surface area contributed by atoms with Crippen molar-refractivity contribution in [1.29, 1.82) is 0 Å². The number of hydrogen-bond donors (Lipinski definition) is 1. The summed E-state index contributed by atoms with van der Waals surface area (Å²) in [4.78, 5) is 50.4. The molecule has 9 nitrogen and oxygen atoms in total. The summed E-state index contributed by atoms with van der Waals surface area (Å²) in [5.74, 6) is -2.91. The molecular formula is C26H19ClN2O7. The Morgan fingerprint density at radius 3 is 2.31 bits per heavy atom. The minimum absolute atomic E-state index is 0.187. The van der Waals surface area contributed by atoms with Gasteiger partial charge in [0, 0.05) is 28.4 Å². The topological polar surface area (TPSA) is 127 Å². The van der Waals surface area contributed by atoms with E-state index in [0.29, 0.717) is 5.02 Å². The van der Waals surface area contributed by atoms with Gasteiger partial charge in [-0.05, 0) is 61.0 Å². The van der Waals surface area contributed by atoms with E-state index in [2.05, 4.69) is 0 Å². The summed E-state index contributed by atoms with van der Waals surface area (Å²) in [6.45, 7) is 1.86. The van der Waals surface area contributed by atoms with Gasteiger partial charge in [-0.2, -0.15) is 0 Å². The number of aliphatic hydroxyl groups excluding tert-OH is 1. The number of nitro groups is 1. The van der Waals surface area contributed by atoms with Crippen LogP contribution in [0.3, 0.4) is 0 Å². The molecule has 0 radical (unpaired) electrons. The molecule has 1 fully saturated rings. The number of rotatable bonds is 6. The lowest BCUT2D eigenvalue weighted by atomic mass is 9.94. The molecule has 4 rings (SSSR count). The number of aliphatic hydroxyl groups is 1. The van der Waals surface area contributed by atoms with Gasteiger partial charge in [0.25, 0.3) is 17.4 Å². The van der Waals surface area contributed by atoms with E-state index in [0.717, 1.165) is 4.90 Å². The maximum atomic E-state index is 13.2. The van der Waals surface area contributed by atoms with Crippen molar-refractivity contribution in [1.82, 2.24) is 0 Å². The van der Waals surface area contributed by atoms with E-state index in [9.17, 15) is 29.6 Å². The lowest BCUT2D eigenvalue weighted by Gasteiger charge is -2.25. The molecule has 1 aliphatic heterocycles. The van der Waals surface area contributed by atoms with Crippen LogP contribution in [0, 0.1) is 10.1 Å². The number of ketones is 1. The van der Waals surface area contributed by atoms with Gasteiger partial charge in [-0.3, -0.25) is 24.6 Å². The number of carbonyl (C=O) groups is 3. The zero-order chi connectivity index (χ0) is 26.0. The molecule has 10 heteroatoms. The summed E-state index contributed by atoms with van der Waals surface area (Å²) in [5.41, 5.74) is 0.487. The molecule has 1 unspecified atom stereocenters. The highest BCUT2D eigenvalue weighted by Crippen LogP contribution is 2.43. The second-order valence-electron chi connectivity index (χ2n) is 7.80. The Kier molecular flexibility index (Phi) is 6.84. The van der Waals surface area contributed by atoms with Crippen molar-refractivity contribution in [2.75, 3.05) is 11.5 Å². The quantitative estimate of drug-likeness (QED) is 0.124. The summed E-state index contributed by atoms with van der Waals surface area (Å²) < 4.78 is 4.98. The molecule has 0 saturated carbocycles. The molecule has 1 aliphatic rings. The smallest absolute Gasteiger partial charge is 0.338 e. The third-order valence-electron chi connectivity index (χ3n) is 5.62. The molecule has 0 spiro atoms. The summed E-state index contributed by atoms with van der Waals surface area (Å²) in [5, 5.41) is 22.9. The van der Waals surface area contributed by atoms with Crippen molar-refractivity contribution >= 4 is 46.4 Å². The van der Waals surface area contributed by atoms with Gasteiger partial charge in [-0.25, -0.2) is 4.79 Å². The molecule has 36 heavy (non-hydrogen) atoms. The Morgan fingerprint density at radius 2 is 1.69 bits per heavy atom. The molecule has 1 saturated heterocycles. The summed E-state index contributed by atoms with van der Waals surface area (Å²) in [6, 6.07) is 16.1. The molecule has 0 aromatic heterocycles. The Bertz CT molecular complexity index is 1400. The first-order valence-electron chi connectivity index (χ1n) is 10.8. The fourth-order valence-electron chi connectivity index (χ4n) is 3.96. The minimum atomic E-state index is -1.17. The van der Waals surface area contributed by atoms with E-state index in [1.165, 1.54) is 72.8 Å². The average Bonchev–Trinajstić information content (AvgIpc) is 3.14. The van der Waals surface area contributed by atoms with Gasteiger partial charge in [0.2, 0.25) is 0 Å². The zero-order valence-electron chi connectivity index (χ0n) is 18.9. The van der Waals surface area contributed by atoms with E-state index in [-0.39, 0.29) is 40.2 Å². The van der Waals surface area contributed by atoms with Crippen LogP contribution < -0.4 is 4.90 Å². The van der Waals surface area contributed by atoms with Gasteiger partial charge in [-0.1, -0.05) is 23.7 Å². The molecule has 0 bridgehead atoms. The first kappa shape index (κ1) is 24.6. The summed E-state index contributed by atoms with van der Waals surface area (Å²) in [6.07, 6.45) is 0. The number of ether oxygens (including phenoxy) is 1. The standard InChI is InChI=1S/C26H19ClN2O7/c1-2-36-26(33)16-8-12-19(13-9-16)28-22(17-4-3-5-20(14-17)29(34)35)21(24(31)25(28)32)23(30)15-6-10-18(27)11-7-15/h3-14,22,30H,2H2,1H3/b23-21+. The van der Waals surface area contributed by atoms with E-state index >= 15 is 0 Å². The second-order valence-corrected chi connectivity index (χ2v) is 8.23. The third-order valence-corrected chi connectivity index (χ3v) is 5.87. The van der Waals surface area contributed by atoms with Crippen molar-refractivity contribution < 1.29 is 29.2 Å². The normalized spacial score (nSPS) is 16.7. The van der Waals surface area contributed by atoms with Crippen LogP contribution in [0.4, 0.5) is 11.4 Å². The van der Waals surface area contributed by atoms with E-state index in [1.54, 1.807) is 6.92 Å². The summed E-state index contributed by atoms with van der Waals surface area (Å²) in [7, 11) is 0.